The normalized spacial score (nSPS) is 11.4. The molecule has 0 saturated carbocycles. The molecule has 1 amide bonds. The number of hydrogen-bond donors (Lipinski definition) is 1. The van der Waals surface area contributed by atoms with E-state index in [-0.39, 0.29) is 10.8 Å². The molecule has 0 aliphatic carbocycles. The minimum Gasteiger partial charge on any atom is -0.496 e. The lowest BCUT2D eigenvalue weighted by Crippen LogP contribution is -2.30. The summed E-state index contributed by atoms with van der Waals surface area (Å²) in [5.74, 6) is 0.150. The number of nitrogens with zero attached hydrogens (tertiary/aromatic N) is 1. The third-order valence-electron chi connectivity index (χ3n) is 3.81. The van der Waals surface area contributed by atoms with E-state index in [4.69, 9.17) is 4.74 Å². The number of carbonyl (C=O) groups is 1. The van der Waals surface area contributed by atoms with E-state index in [2.05, 4.69) is 5.32 Å². The molecular formula is C18H22N2O4S. The summed E-state index contributed by atoms with van der Waals surface area (Å²) in [6.07, 6.45) is 0. The van der Waals surface area contributed by atoms with Gasteiger partial charge in [-0.05, 0) is 36.4 Å². The summed E-state index contributed by atoms with van der Waals surface area (Å²) in [6, 6.07) is 13.0. The van der Waals surface area contributed by atoms with Gasteiger partial charge in [-0.15, -0.1) is 0 Å². The number of nitrogens with one attached hydrogen (secondary N) is 1. The minimum absolute atomic E-state index is 0.200. The maximum atomic E-state index is 12.5. The van der Waals surface area contributed by atoms with Crippen molar-refractivity contribution >= 4 is 21.6 Å². The molecule has 6 nitrogen and oxygen atoms in total. The maximum Gasteiger partial charge on any atom is 0.259 e. The average Bonchev–Trinajstić information content (AvgIpc) is 2.62. The predicted octanol–water partition coefficient (Wildman–Crippen LogP) is 2.98. The van der Waals surface area contributed by atoms with E-state index in [0.29, 0.717) is 30.1 Å². The maximum absolute atomic E-state index is 12.5. The van der Waals surface area contributed by atoms with Gasteiger partial charge >= 0.3 is 0 Å². The molecule has 0 spiro atoms. The number of ether oxygens (including phenoxy) is 1. The smallest absolute Gasteiger partial charge is 0.259 e. The third-order valence-corrected chi connectivity index (χ3v) is 5.87. The summed E-state index contributed by atoms with van der Waals surface area (Å²) in [5, 5.41) is 2.74. The number of sulfonamides is 1. The highest BCUT2D eigenvalue weighted by Gasteiger charge is 2.21. The van der Waals surface area contributed by atoms with E-state index < -0.39 is 10.0 Å². The topological polar surface area (TPSA) is 75.7 Å². The van der Waals surface area contributed by atoms with Crippen LogP contribution in [0.3, 0.4) is 0 Å². The zero-order chi connectivity index (χ0) is 18.4. The fourth-order valence-electron chi connectivity index (χ4n) is 2.45. The van der Waals surface area contributed by atoms with E-state index in [1.54, 1.807) is 50.2 Å². The molecule has 2 rings (SSSR count). The molecule has 0 radical (unpaired) electrons. The largest absolute Gasteiger partial charge is 0.496 e. The van der Waals surface area contributed by atoms with Gasteiger partial charge < -0.3 is 10.1 Å². The second-order valence-electron chi connectivity index (χ2n) is 5.27. The highest BCUT2D eigenvalue weighted by Crippen LogP contribution is 2.21. The molecule has 25 heavy (non-hydrogen) atoms. The molecule has 0 unspecified atom stereocenters. The zero-order valence-corrected chi connectivity index (χ0v) is 15.3. The third kappa shape index (κ3) is 4.18. The molecule has 0 fully saturated rings. The molecule has 2 aromatic rings. The molecule has 0 aliphatic rings. The first kappa shape index (κ1) is 19.0. The molecule has 0 aliphatic heterocycles. The summed E-state index contributed by atoms with van der Waals surface area (Å²) in [5.41, 5.74) is 0.916. The van der Waals surface area contributed by atoms with E-state index in [0.717, 1.165) is 0 Å². The molecule has 0 aromatic heterocycles. The van der Waals surface area contributed by atoms with Crippen molar-refractivity contribution in [2.45, 2.75) is 18.7 Å². The molecule has 7 heteroatoms. The lowest BCUT2D eigenvalue weighted by Gasteiger charge is -2.18. The summed E-state index contributed by atoms with van der Waals surface area (Å²) in [4.78, 5) is 12.6. The number of anilines is 1. The minimum atomic E-state index is -3.51. The molecule has 0 bridgehead atoms. The van der Waals surface area contributed by atoms with Gasteiger partial charge in [0.2, 0.25) is 10.0 Å². The van der Waals surface area contributed by atoms with Crippen LogP contribution >= 0.6 is 0 Å². The van der Waals surface area contributed by atoms with Crippen molar-refractivity contribution in [3.63, 3.8) is 0 Å². The summed E-state index contributed by atoms with van der Waals surface area (Å²) in [7, 11) is -2.01. The first-order chi connectivity index (χ1) is 11.9. The SMILES string of the molecule is CCN(CC)S(=O)(=O)c1ccc(NC(=O)c2ccccc2OC)cc1. The van der Waals surface area contributed by atoms with Gasteiger partial charge in [-0.3, -0.25) is 4.79 Å². The Balaban J connectivity index is 2.19. The van der Waals surface area contributed by atoms with Crippen LogP contribution in [0.15, 0.2) is 53.4 Å². The van der Waals surface area contributed by atoms with E-state index >= 15 is 0 Å². The molecule has 1 N–H and O–H groups in total. The Morgan fingerprint density at radius 3 is 2.20 bits per heavy atom. The Kier molecular flexibility index (Phi) is 6.17. The number of benzene rings is 2. The first-order valence-corrected chi connectivity index (χ1v) is 9.42. The van der Waals surface area contributed by atoms with Crippen molar-refractivity contribution in [3.8, 4) is 5.75 Å². The number of carbonyl (C=O) groups excluding carboxylic acids is 1. The van der Waals surface area contributed by atoms with Crippen molar-refractivity contribution in [2.75, 3.05) is 25.5 Å². The summed E-state index contributed by atoms with van der Waals surface area (Å²) in [6.45, 7) is 4.40. The number of hydrogen-bond acceptors (Lipinski definition) is 4. The monoisotopic (exact) mass is 362 g/mol. The van der Waals surface area contributed by atoms with Gasteiger partial charge in [0.15, 0.2) is 0 Å². The van der Waals surface area contributed by atoms with Gasteiger partial charge in [0.1, 0.15) is 5.75 Å². The fraction of sp³-hybridized carbons (Fsp3) is 0.278. The lowest BCUT2D eigenvalue weighted by atomic mass is 10.2. The van der Waals surface area contributed by atoms with Crippen LogP contribution < -0.4 is 10.1 Å². The summed E-state index contributed by atoms with van der Waals surface area (Å²) < 4.78 is 31.5. The number of amides is 1. The van der Waals surface area contributed by atoms with Crippen LogP contribution in [0.2, 0.25) is 0 Å². The fourth-order valence-corrected chi connectivity index (χ4v) is 3.91. The van der Waals surface area contributed by atoms with Gasteiger partial charge in [-0.1, -0.05) is 26.0 Å². The molecule has 0 saturated heterocycles. The Morgan fingerprint density at radius 2 is 1.64 bits per heavy atom. The van der Waals surface area contributed by atoms with Crippen LogP contribution in [-0.2, 0) is 10.0 Å². The predicted molar refractivity (Wildman–Crippen MR) is 97.5 cm³/mol. The number of methoxy groups -OCH3 is 1. The Morgan fingerprint density at radius 1 is 1.04 bits per heavy atom. The van der Waals surface area contributed by atoms with Crippen LogP contribution in [0.4, 0.5) is 5.69 Å². The van der Waals surface area contributed by atoms with E-state index in [1.165, 1.54) is 23.5 Å². The van der Waals surface area contributed by atoms with Crippen LogP contribution in [-0.4, -0.2) is 38.8 Å². The van der Waals surface area contributed by atoms with Crippen LogP contribution in [0.25, 0.3) is 0 Å². The molecule has 2 aromatic carbocycles. The van der Waals surface area contributed by atoms with Crippen LogP contribution in [0, 0.1) is 0 Å². The van der Waals surface area contributed by atoms with Crippen molar-refractivity contribution in [3.05, 3.63) is 54.1 Å². The first-order valence-electron chi connectivity index (χ1n) is 7.98. The van der Waals surface area contributed by atoms with Crippen molar-refractivity contribution in [1.29, 1.82) is 0 Å². The van der Waals surface area contributed by atoms with E-state index in [9.17, 15) is 13.2 Å². The Labute approximate surface area is 148 Å². The highest BCUT2D eigenvalue weighted by molar-refractivity contribution is 7.89. The molecule has 134 valence electrons. The van der Waals surface area contributed by atoms with Gasteiger partial charge in [0.05, 0.1) is 17.6 Å². The molecule has 0 atom stereocenters. The van der Waals surface area contributed by atoms with Gasteiger partial charge in [-0.2, -0.15) is 4.31 Å². The van der Waals surface area contributed by atoms with Crippen LogP contribution in [0.5, 0.6) is 5.75 Å². The zero-order valence-electron chi connectivity index (χ0n) is 14.5. The van der Waals surface area contributed by atoms with Gasteiger partial charge in [0.25, 0.3) is 5.91 Å². The van der Waals surface area contributed by atoms with Gasteiger partial charge in [0, 0.05) is 18.8 Å². The average molecular weight is 362 g/mol. The van der Waals surface area contributed by atoms with Crippen molar-refractivity contribution < 1.29 is 17.9 Å². The quantitative estimate of drug-likeness (QED) is 0.822. The van der Waals surface area contributed by atoms with Crippen molar-refractivity contribution in [1.82, 2.24) is 4.31 Å². The number of para-hydroxylation sites is 1. The van der Waals surface area contributed by atoms with Crippen molar-refractivity contribution in [2.24, 2.45) is 0 Å². The Bertz CT molecular complexity index is 828. The van der Waals surface area contributed by atoms with Crippen LogP contribution in [0.1, 0.15) is 24.2 Å². The second-order valence-corrected chi connectivity index (χ2v) is 7.21. The Hall–Kier alpha value is -2.38. The van der Waals surface area contributed by atoms with E-state index in [1.807, 2.05) is 0 Å². The lowest BCUT2D eigenvalue weighted by molar-refractivity contribution is 0.102. The summed E-state index contributed by atoms with van der Waals surface area (Å²) >= 11 is 0. The number of rotatable bonds is 7. The molecule has 0 heterocycles. The standard InChI is InChI=1S/C18H22N2O4S/c1-4-20(5-2)25(22,23)15-12-10-14(11-13-15)19-18(21)16-8-6-7-9-17(16)24-3/h6-13H,4-5H2,1-3H3,(H,19,21). The highest BCUT2D eigenvalue weighted by atomic mass is 32.2. The second kappa shape index (κ2) is 8.13. The molecular weight excluding hydrogens is 340 g/mol. The van der Waals surface area contributed by atoms with Gasteiger partial charge in [-0.25, -0.2) is 8.42 Å².